The SMILES string of the molecule is CCOC(=O)Cn1c(=O)[nH]c(=O)c2c(C)c(-c3ccc(OC)cc3)sc21. The molecule has 0 aliphatic heterocycles. The third-order valence-electron chi connectivity index (χ3n) is 4.01. The third kappa shape index (κ3) is 3.15. The summed E-state index contributed by atoms with van der Waals surface area (Å²) in [6.07, 6.45) is 0. The van der Waals surface area contributed by atoms with Crippen LogP contribution in [0.1, 0.15) is 12.5 Å². The molecule has 0 radical (unpaired) electrons. The van der Waals surface area contributed by atoms with E-state index in [0.29, 0.717) is 10.2 Å². The molecule has 1 aromatic carbocycles. The average molecular weight is 374 g/mol. The average Bonchev–Trinajstić information content (AvgIpc) is 2.96. The maximum Gasteiger partial charge on any atom is 0.329 e. The fourth-order valence-corrected chi connectivity index (χ4v) is 4.08. The predicted octanol–water partition coefficient (Wildman–Crippen LogP) is 2.30. The van der Waals surface area contributed by atoms with E-state index in [2.05, 4.69) is 4.98 Å². The van der Waals surface area contributed by atoms with Gasteiger partial charge in [-0.05, 0) is 49.2 Å². The summed E-state index contributed by atoms with van der Waals surface area (Å²) in [7, 11) is 1.59. The summed E-state index contributed by atoms with van der Waals surface area (Å²) < 4.78 is 11.3. The third-order valence-corrected chi connectivity index (χ3v) is 5.37. The van der Waals surface area contributed by atoms with Crippen molar-refractivity contribution < 1.29 is 14.3 Å². The number of aryl methyl sites for hydroxylation is 1. The number of aromatic nitrogens is 2. The number of rotatable bonds is 5. The molecule has 0 aliphatic rings. The summed E-state index contributed by atoms with van der Waals surface area (Å²) in [6.45, 7) is 3.50. The van der Waals surface area contributed by atoms with Gasteiger partial charge in [0.15, 0.2) is 0 Å². The van der Waals surface area contributed by atoms with E-state index < -0.39 is 17.2 Å². The molecule has 0 atom stereocenters. The standard InChI is InChI=1S/C18H18N2O5S/c1-4-25-13(21)9-20-17-14(16(22)19-18(20)23)10(2)15(26-17)11-5-7-12(24-3)8-6-11/h5-8H,4,9H2,1-3H3,(H,19,22,23). The Bertz CT molecular complexity index is 1080. The molecule has 3 rings (SSSR count). The van der Waals surface area contributed by atoms with Gasteiger partial charge in [-0.2, -0.15) is 0 Å². The van der Waals surface area contributed by atoms with E-state index in [1.807, 2.05) is 31.2 Å². The zero-order valence-electron chi connectivity index (χ0n) is 14.6. The molecule has 2 heterocycles. The van der Waals surface area contributed by atoms with E-state index in [1.54, 1.807) is 14.0 Å². The number of ether oxygens (including phenoxy) is 2. The van der Waals surface area contributed by atoms with E-state index in [-0.39, 0.29) is 13.2 Å². The Kier molecular flexibility index (Phi) is 4.94. The Hall–Kier alpha value is -2.87. The highest BCUT2D eigenvalue weighted by Gasteiger charge is 2.19. The van der Waals surface area contributed by atoms with Crippen LogP contribution in [0.25, 0.3) is 20.7 Å². The monoisotopic (exact) mass is 374 g/mol. The maximum absolute atomic E-state index is 12.3. The molecular weight excluding hydrogens is 356 g/mol. The molecule has 0 saturated carbocycles. The van der Waals surface area contributed by atoms with Crippen LogP contribution in [0, 0.1) is 6.92 Å². The first-order valence-corrected chi connectivity index (χ1v) is 8.84. The molecule has 0 fully saturated rings. The van der Waals surface area contributed by atoms with Crippen LogP contribution in [-0.4, -0.2) is 29.2 Å². The molecule has 0 saturated heterocycles. The van der Waals surface area contributed by atoms with Crippen LogP contribution >= 0.6 is 11.3 Å². The summed E-state index contributed by atoms with van der Waals surface area (Å²) >= 11 is 1.30. The van der Waals surface area contributed by atoms with Crippen LogP contribution in [0.15, 0.2) is 33.9 Å². The summed E-state index contributed by atoms with van der Waals surface area (Å²) in [5, 5.41) is 0.407. The van der Waals surface area contributed by atoms with Crippen molar-refractivity contribution in [2.45, 2.75) is 20.4 Å². The molecular formula is C18H18N2O5S. The van der Waals surface area contributed by atoms with Gasteiger partial charge >= 0.3 is 11.7 Å². The minimum absolute atomic E-state index is 0.223. The Morgan fingerprint density at radius 3 is 2.54 bits per heavy atom. The van der Waals surface area contributed by atoms with E-state index in [1.165, 1.54) is 15.9 Å². The van der Waals surface area contributed by atoms with Gasteiger partial charge in [-0.3, -0.25) is 19.1 Å². The number of fused-ring (bicyclic) bond motifs is 1. The van der Waals surface area contributed by atoms with Crippen LogP contribution in [0.4, 0.5) is 0 Å². The molecule has 0 amide bonds. The normalized spacial score (nSPS) is 10.9. The van der Waals surface area contributed by atoms with Crippen LogP contribution < -0.4 is 16.0 Å². The highest BCUT2D eigenvalue weighted by molar-refractivity contribution is 7.22. The number of hydrogen-bond acceptors (Lipinski definition) is 6. The molecule has 136 valence electrons. The number of aromatic amines is 1. The second kappa shape index (κ2) is 7.17. The van der Waals surface area contributed by atoms with Gasteiger partial charge in [0.25, 0.3) is 5.56 Å². The van der Waals surface area contributed by atoms with Crippen molar-refractivity contribution in [2.75, 3.05) is 13.7 Å². The molecule has 0 aliphatic carbocycles. The van der Waals surface area contributed by atoms with Gasteiger partial charge in [-0.15, -0.1) is 11.3 Å². The number of hydrogen-bond donors (Lipinski definition) is 1. The molecule has 2 aromatic heterocycles. The summed E-state index contributed by atoms with van der Waals surface area (Å²) in [5.74, 6) is 0.199. The van der Waals surface area contributed by atoms with Gasteiger partial charge in [-0.1, -0.05) is 0 Å². The molecule has 0 bridgehead atoms. The van der Waals surface area contributed by atoms with E-state index in [4.69, 9.17) is 9.47 Å². The number of thiophene rings is 1. The quantitative estimate of drug-likeness (QED) is 0.692. The van der Waals surface area contributed by atoms with Crippen LogP contribution in [0.2, 0.25) is 0 Å². The number of carbonyl (C=O) groups excluding carboxylic acids is 1. The van der Waals surface area contributed by atoms with Crippen molar-refractivity contribution in [1.29, 1.82) is 0 Å². The molecule has 7 nitrogen and oxygen atoms in total. The molecule has 3 aromatic rings. The topological polar surface area (TPSA) is 90.4 Å². The lowest BCUT2D eigenvalue weighted by atomic mass is 10.1. The largest absolute Gasteiger partial charge is 0.497 e. The highest BCUT2D eigenvalue weighted by Crippen LogP contribution is 2.36. The first-order valence-electron chi connectivity index (χ1n) is 8.02. The lowest BCUT2D eigenvalue weighted by Crippen LogP contribution is -2.32. The minimum atomic E-state index is -0.627. The number of benzene rings is 1. The van der Waals surface area contributed by atoms with Gasteiger partial charge < -0.3 is 9.47 Å². The second-order valence-corrected chi connectivity index (χ2v) is 6.61. The van der Waals surface area contributed by atoms with Crippen molar-refractivity contribution in [3.05, 3.63) is 50.7 Å². The van der Waals surface area contributed by atoms with Crippen LogP contribution in [0.5, 0.6) is 5.75 Å². The highest BCUT2D eigenvalue weighted by atomic mass is 32.1. The first-order chi connectivity index (χ1) is 12.5. The maximum atomic E-state index is 12.3. The Morgan fingerprint density at radius 2 is 1.92 bits per heavy atom. The molecule has 8 heteroatoms. The fraction of sp³-hybridized carbons (Fsp3) is 0.278. The minimum Gasteiger partial charge on any atom is -0.497 e. The summed E-state index contributed by atoms with van der Waals surface area (Å²) in [5.41, 5.74) is 0.574. The lowest BCUT2D eigenvalue weighted by Gasteiger charge is -2.06. The van der Waals surface area contributed by atoms with Crippen molar-refractivity contribution in [3.63, 3.8) is 0 Å². The molecule has 1 N–H and O–H groups in total. The number of esters is 1. The van der Waals surface area contributed by atoms with Gasteiger partial charge in [0, 0.05) is 4.88 Å². The number of methoxy groups -OCH3 is 1. The molecule has 0 unspecified atom stereocenters. The van der Waals surface area contributed by atoms with Gasteiger partial charge in [-0.25, -0.2) is 4.79 Å². The van der Waals surface area contributed by atoms with Crippen molar-refractivity contribution in [3.8, 4) is 16.2 Å². The lowest BCUT2D eigenvalue weighted by molar-refractivity contribution is -0.143. The van der Waals surface area contributed by atoms with Crippen molar-refractivity contribution in [1.82, 2.24) is 9.55 Å². The van der Waals surface area contributed by atoms with Gasteiger partial charge in [0.1, 0.15) is 17.1 Å². The van der Waals surface area contributed by atoms with Gasteiger partial charge in [0.2, 0.25) is 0 Å². The molecule has 26 heavy (non-hydrogen) atoms. The summed E-state index contributed by atoms with van der Waals surface area (Å²) in [4.78, 5) is 40.0. The van der Waals surface area contributed by atoms with Crippen LogP contribution in [-0.2, 0) is 16.1 Å². The summed E-state index contributed by atoms with van der Waals surface area (Å²) in [6, 6.07) is 7.43. The molecule has 0 spiro atoms. The van der Waals surface area contributed by atoms with E-state index in [9.17, 15) is 14.4 Å². The zero-order chi connectivity index (χ0) is 18.8. The van der Waals surface area contributed by atoms with E-state index in [0.717, 1.165) is 21.8 Å². The second-order valence-electron chi connectivity index (χ2n) is 5.62. The zero-order valence-corrected chi connectivity index (χ0v) is 15.4. The first kappa shape index (κ1) is 17.9. The Balaban J connectivity index is 2.20. The number of nitrogens with zero attached hydrogens (tertiary/aromatic N) is 1. The van der Waals surface area contributed by atoms with Gasteiger partial charge in [0.05, 0.1) is 19.1 Å². The van der Waals surface area contributed by atoms with E-state index >= 15 is 0 Å². The van der Waals surface area contributed by atoms with Crippen molar-refractivity contribution >= 4 is 27.5 Å². The van der Waals surface area contributed by atoms with Crippen molar-refractivity contribution in [2.24, 2.45) is 0 Å². The number of carbonyl (C=O) groups is 1. The smallest absolute Gasteiger partial charge is 0.329 e. The number of H-pyrrole nitrogens is 1. The Labute approximate surface area is 152 Å². The fourth-order valence-electron chi connectivity index (χ4n) is 2.77. The van der Waals surface area contributed by atoms with Crippen LogP contribution in [0.3, 0.4) is 0 Å². The number of nitrogens with one attached hydrogen (secondary N) is 1. The predicted molar refractivity (Wildman–Crippen MR) is 100 cm³/mol. The Morgan fingerprint density at radius 1 is 1.23 bits per heavy atom.